The van der Waals surface area contributed by atoms with Crippen LogP contribution >= 0.6 is 0 Å². The van der Waals surface area contributed by atoms with Gasteiger partial charge in [-0.1, -0.05) is 12.1 Å². The number of carbonyl (C=O) groups excluding carboxylic acids is 2. The Labute approximate surface area is 114 Å². The summed E-state index contributed by atoms with van der Waals surface area (Å²) in [5, 5.41) is 0. The van der Waals surface area contributed by atoms with Crippen LogP contribution < -0.4 is 4.74 Å². The minimum Gasteiger partial charge on any atom is -0.490 e. The summed E-state index contributed by atoms with van der Waals surface area (Å²) >= 11 is 0. The Bertz CT molecular complexity index is 528. The fourth-order valence-corrected chi connectivity index (χ4v) is 2.19. The molecule has 1 aromatic rings. The van der Waals surface area contributed by atoms with Gasteiger partial charge in [-0.3, -0.25) is 4.79 Å². The molecule has 0 fully saturated rings. The Hall–Kier alpha value is -1.98. The van der Waals surface area contributed by atoms with Gasteiger partial charge >= 0.3 is 11.9 Å². The van der Waals surface area contributed by atoms with E-state index in [-0.39, 0.29) is 13.0 Å². The summed E-state index contributed by atoms with van der Waals surface area (Å²) in [4.78, 5) is 22.0. The van der Waals surface area contributed by atoms with Crippen molar-refractivity contribution < 1.29 is 27.8 Å². The van der Waals surface area contributed by atoms with Gasteiger partial charge in [-0.05, 0) is 13.0 Å². The Kier molecular flexibility index (Phi) is 4.01. The fourth-order valence-electron chi connectivity index (χ4n) is 2.19. The molecule has 0 amide bonds. The quantitative estimate of drug-likeness (QED) is 0.615. The predicted molar refractivity (Wildman–Crippen MR) is 66.1 cm³/mol. The summed E-state index contributed by atoms with van der Waals surface area (Å²) in [5.41, 5.74) is 1.02. The Balaban J connectivity index is 2.08. The van der Waals surface area contributed by atoms with Crippen LogP contribution in [0.3, 0.4) is 0 Å². The maximum atomic E-state index is 13.6. The van der Waals surface area contributed by atoms with Gasteiger partial charge in [-0.15, -0.1) is 0 Å². The number of hydrogen-bond acceptors (Lipinski definition) is 4. The Morgan fingerprint density at radius 3 is 2.95 bits per heavy atom. The summed E-state index contributed by atoms with van der Waals surface area (Å²) in [6.45, 7) is 1.36. The number of ether oxygens (including phenoxy) is 2. The SMILES string of the molecule is CCOC(=O)C(F)(F)CC1Cc2c(C=O)cccc2O1. The second-order valence-corrected chi connectivity index (χ2v) is 4.51. The molecule has 0 radical (unpaired) electrons. The third-order valence-corrected chi connectivity index (χ3v) is 3.08. The lowest BCUT2D eigenvalue weighted by molar-refractivity contribution is -0.174. The van der Waals surface area contributed by atoms with Crippen molar-refractivity contribution in [3.05, 3.63) is 29.3 Å². The van der Waals surface area contributed by atoms with Crippen LogP contribution in [0, 0.1) is 0 Å². The number of rotatable bonds is 5. The van der Waals surface area contributed by atoms with E-state index in [1.807, 2.05) is 0 Å². The van der Waals surface area contributed by atoms with Crippen LogP contribution in [0.2, 0.25) is 0 Å². The topological polar surface area (TPSA) is 52.6 Å². The first-order chi connectivity index (χ1) is 9.47. The molecule has 0 bridgehead atoms. The first-order valence-corrected chi connectivity index (χ1v) is 6.26. The number of halogens is 2. The summed E-state index contributed by atoms with van der Waals surface area (Å²) in [5.74, 6) is -4.72. The van der Waals surface area contributed by atoms with Gasteiger partial charge in [0.25, 0.3) is 0 Å². The Morgan fingerprint density at radius 1 is 1.55 bits per heavy atom. The minimum absolute atomic E-state index is 0.102. The summed E-state index contributed by atoms with van der Waals surface area (Å²) in [6, 6.07) is 4.83. The molecule has 6 heteroatoms. The molecule has 0 saturated heterocycles. The molecule has 0 saturated carbocycles. The fraction of sp³-hybridized carbons (Fsp3) is 0.429. The first-order valence-electron chi connectivity index (χ1n) is 6.26. The van der Waals surface area contributed by atoms with E-state index in [2.05, 4.69) is 4.74 Å². The van der Waals surface area contributed by atoms with Crippen LogP contribution in [-0.4, -0.2) is 30.9 Å². The summed E-state index contributed by atoms with van der Waals surface area (Å²) < 4.78 is 37.0. The van der Waals surface area contributed by atoms with Crippen LogP contribution in [0.4, 0.5) is 8.78 Å². The van der Waals surface area contributed by atoms with E-state index in [4.69, 9.17) is 4.74 Å². The molecule has 0 aromatic heterocycles. The zero-order valence-electron chi connectivity index (χ0n) is 10.9. The molecule has 1 aliphatic heterocycles. The molecule has 1 heterocycles. The highest BCUT2D eigenvalue weighted by Gasteiger charge is 2.45. The predicted octanol–water partition coefficient (Wildman–Crippen LogP) is 2.39. The molecule has 2 rings (SSSR count). The minimum atomic E-state index is -3.59. The zero-order chi connectivity index (χ0) is 14.8. The van der Waals surface area contributed by atoms with Crippen LogP contribution in [0.25, 0.3) is 0 Å². The lowest BCUT2D eigenvalue weighted by Gasteiger charge is -2.18. The molecular weight excluding hydrogens is 270 g/mol. The molecular formula is C14H14F2O4. The number of esters is 1. The van der Waals surface area contributed by atoms with Crippen molar-refractivity contribution in [2.24, 2.45) is 0 Å². The molecule has 20 heavy (non-hydrogen) atoms. The third kappa shape index (κ3) is 2.79. The highest BCUT2D eigenvalue weighted by atomic mass is 19.3. The van der Waals surface area contributed by atoms with Crippen molar-refractivity contribution in [2.75, 3.05) is 6.61 Å². The van der Waals surface area contributed by atoms with E-state index in [0.29, 0.717) is 23.2 Å². The monoisotopic (exact) mass is 284 g/mol. The average molecular weight is 284 g/mol. The highest BCUT2D eigenvalue weighted by Crippen LogP contribution is 2.35. The van der Waals surface area contributed by atoms with Crippen molar-refractivity contribution in [1.82, 2.24) is 0 Å². The Morgan fingerprint density at radius 2 is 2.30 bits per heavy atom. The van der Waals surface area contributed by atoms with Gasteiger partial charge in [0.2, 0.25) is 0 Å². The van der Waals surface area contributed by atoms with Crippen molar-refractivity contribution in [3.8, 4) is 5.75 Å². The van der Waals surface area contributed by atoms with Crippen LogP contribution in [0.15, 0.2) is 18.2 Å². The number of alkyl halides is 2. The van der Waals surface area contributed by atoms with Crippen LogP contribution in [-0.2, 0) is 16.0 Å². The molecule has 4 nitrogen and oxygen atoms in total. The van der Waals surface area contributed by atoms with Crippen LogP contribution in [0.1, 0.15) is 29.3 Å². The van der Waals surface area contributed by atoms with Crippen molar-refractivity contribution in [1.29, 1.82) is 0 Å². The molecule has 0 aliphatic carbocycles. The summed E-state index contributed by atoms with van der Waals surface area (Å²) in [7, 11) is 0. The molecule has 0 N–H and O–H groups in total. The van der Waals surface area contributed by atoms with Gasteiger partial charge in [0.1, 0.15) is 18.1 Å². The average Bonchev–Trinajstić information content (AvgIpc) is 2.80. The lowest BCUT2D eigenvalue weighted by Crippen LogP contribution is -2.36. The van der Waals surface area contributed by atoms with Crippen molar-refractivity contribution >= 4 is 12.3 Å². The van der Waals surface area contributed by atoms with E-state index < -0.39 is 24.4 Å². The second kappa shape index (κ2) is 5.56. The van der Waals surface area contributed by atoms with E-state index in [0.717, 1.165) is 0 Å². The number of hydrogen-bond donors (Lipinski definition) is 0. The second-order valence-electron chi connectivity index (χ2n) is 4.51. The number of fused-ring (bicyclic) bond motifs is 1. The smallest absolute Gasteiger partial charge is 0.377 e. The number of carbonyl (C=O) groups is 2. The van der Waals surface area contributed by atoms with Gasteiger partial charge in [0, 0.05) is 17.5 Å². The molecule has 1 unspecified atom stereocenters. The molecule has 1 aliphatic rings. The van der Waals surface area contributed by atoms with Crippen molar-refractivity contribution in [2.45, 2.75) is 31.8 Å². The molecule has 1 atom stereocenters. The molecule has 0 spiro atoms. The van der Waals surface area contributed by atoms with E-state index >= 15 is 0 Å². The van der Waals surface area contributed by atoms with Crippen LogP contribution in [0.5, 0.6) is 5.75 Å². The number of benzene rings is 1. The molecule has 108 valence electrons. The van der Waals surface area contributed by atoms with Gasteiger partial charge in [0.05, 0.1) is 13.0 Å². The standard InChI is InChI=1S/C14H14F2O4/c1-2-19-13(18)14(15,16)7-10-6-11-9(8-17)4-3-5-12(11)20-10/h3-5,8,10H,2,6-7H2,1H3. The largest absolute Gasteiger partial charge is 0.490 e. The summed E-state index contributed by atoms with van der Waals surface area (Å²) in [6.07, 6.45) is -0.767. The first kappa shape index (κ1) is 14.4. The van der Waals surface area contributed by atoms with E-state index in [9.17, 15) is 18.4 Å². The van der Waals surface area contributed by atoms with Gasteiger partial charge < -0.3 is 9.47 Å². The van der Waals surface area contributed by atoms with E-state index in [1.54, 1.807) is 18.2 Å². The maximum absolute atomic E-state index is 13.6. The normalized spacial score (nSPS) is 17.2. The highest BCUT2D eigenvalue weighted by molar-refractivity contribution is 5.79. The number of aldehydes is 1. The molecule has 1 aromatic carbocycles. The van der Waals surface area contributed by atoms with Gasteiger partial charge in [-0.25, -0.2) is 4.79 Å². The maximum Gasteiger partial charge on any atom is 0.377 e. The van der Waals surface area contributed by atoms with Crippen molar-refractivity contribution in [3.63, 3.8) is 0 Å². The van der Waals surface area contributed by atoms with Gasteiger partial charge in [-0.2, -0.15) is 8.78 Å². The van der Waals surface area contributed by atoms with E-state index in [1.165, 1.54) is 6.92 Å². The third-order valence-electron chi connectivity index (χ3n) is 3.08. The van der Waals surface area contributed by atoms with Gasteiger partial charge in [0.15, 0.2) is 0 Å². The zero-order valence-corrected chi connectivity index (χ0v) is 10.9. The lowest BCUT2D eigenvalue weighted by atomic mass is 10.0.